The number of carbonyl (C=O) groups excluding carboxylic acids is 4. The number of urea groups is 1. The van der Waals surface area contributed by atoms with E-state index in [-0.39, 0.29) is 18.4 Å². The Balaban J connectivity index is 1.71. The first-order valence-electron chi connectivity index (χ1n) is 10.1. The molecule has 1 heterocycles. The van der Waals surface area contributed by atoms with Crippen molar-refractivity contribution >= 4 is 35.1 Å². The van der Waals surface area contributed by atoms with E-state index in [1.165, 1.54) is 4.90 Å². The molecule has 8 nitrogen and oxygen atoms in total. The van der Waals surface area contributed by atoms with Crippen LogP contribution in [0.2, 0.25) is 0 Å². The number of likely N-dealkylation sites (N-methyl/N-ethyl adjacent to an activating group) is 1. The second kappa shape index (κ2) is 8.23. The molecule has 1 aromatic carbocycles. The van der Waals surface area contributed by atoms with E-state index < -0.39 is 17.5 Å². The van der Waals surface area contributed by atoms with Crippen LogP contribution < -0.4 is 10.6 Å². The van der Waals surface area contributed by atoms with Crippen LogP contribution in [0.4, 0.5) is 16.2 Å². The summed E-state index contributed by atoms with van der Waals surface area (Å²) in [7, 11) is 1.65. The third kappa shape index (κ3) is 3.97. The summed E-state index contributed by atoms with van der Waals surface area (Å²) in [5, 5.41) is 5.51. The van der Waals surface area contributed by atoms with E-state index in [0.717, 1.165) is 29.7 Å². The molecule has 156 valence electrons. The number of hydrogen-bond acceptors (Lipinski definition) is 4. The Hall–Kier alpha value is -2.90. The van der Waals surface area contributed by atoms with Gasteiger partial charge in [0.1, 0.15) is 12.1 Å². The summed E-state index contributed by atoms with van der Waals surface area (Å²) in [5.74, 6) is -0.851. The maximum atomic E-state index is 13.0. The molecule has 5 amide bonds. The number of benzene rings is 1. The summed E-state index contributed by atoms with van der Waals surface area (Å²) in [6.07, 6.45) is 4.50. The predicted molar refractivity (Wildman–Crippen MR) is 109 cm³/mol. The highest BCUT2D eigenvalue weighted by atomic mass is 16.2. The Morgan fingerprint density at radius 1 is 1.07 bits per heavy atom. The van der Waals surface area contributed by atoms with Gasteiger partial charge in [0, 0.05) is 24.8 Å². The number of carbonyl (C=O) groups is 4. The van der Waals surface area contributed by atoms with Crippen molar-refractivity contribution < 1.29 is 19.2 Å². The fourth-order valence-corrected chi connectivity index (χ4v) is 4.09. The van der Waals surface area contributed by atoms with Crippen LogP contribution in [0.25, 0.3) is 0 Å². The van der Waals surface area contributed by atoms with E-state index in [2.05, 4.69) is 10.6 Å². The van der Waals surface area contributed by atoms with E-state index in [0.29, 0.717) is 30.6 Å². The van der Waals surface area contributed by atoms with Gasteiger partial charge in [-0.3, -0.25) is 19.3 Å². The Kier molecular flexibility index (Phi) is 5.91. The van der Waals surface area contributed by atoms with Crippen molar-refractivity contribution in [1.82, 2.24) is 9.80 Å². The number of hydrogen-bond donors (Lipinski definition) is 2. The molecule has 1 spiro atoms. The maximum absolute atomic E-state index is 13.0. The van der Waals surface area contributed by atoms with Crippen LogP contribution in [-0.4, -0.2) is 52.7 Å². The van der Waals surface area contributed by atoms with Gasteiger partial charge in [0.15, 0.2) is 0 Å². The van der Waals surface area contributed by atoms with Gasteiger partial charge < -0.3 is 15.5 Å². The SMILES string of the molecule is CCC(=O)Nc1ccc(C)c(NC(=O)CN2C(=O)N(C)C3(CCCCC3)C2=O)c1. The van der Waals surface area contributed by atoms with Crippen LogP contribution in [0.1, 0.15) is 51.0 Å². The first-order valence-corrected chi connectivity index (χ1v) is 10.1. The largest absolute Gasteiger partial charge is 0.327 e. The number of amides is 5. The third-order valence-corrected chi connectivity index (χ3v) is 5.90. The number of anilines is 2. The molecule has 1 saturated heterocycles. The molecule has 0 aromatic heterocycles. The molecule has 2 fully saturated rings. The Morgan fingerprint density at radius 2 is 1.76 bits per heavy atom. The molecule has 3 rings (SSSR count). The van der Waals surface area contributed by atoms with Crippen LogP contribution in [0.15, 0.2) is 18.2 Å². The molecule has 0 atom stereocenters. The van der Waals surface area contributed by atoms with Crippen molar-refractivity contribution in [2.24, 2.45) is 0 Å². The van der Waals surface area contributed by atoms with Gasteiger partial charge in [-0.1, -0.05) is 32.3 Å². The second-order valence-electron chi connectivity index (χ2n) is 7.80. The van der Waals surface area contributed by atoms with Gasteiger partial charge in [0.25, 0.3) is 5.91 Å². The topological polar surface area (TPSA) is 98.8 Å². The number of nitrogens with one attached hydrogen (secondary N) is 2. The van der Waals surface area contributed by atoms with Crippen molar-refractivity contribution in [2.45, 2.75) is 57.9 Å². The number of nitrogens with zero attached hydrogens (tertiary/aromatic N) is 2. The normalized spacial score (nSPS) is 18.3. The first kappa shape index (κ1) is 20.8. The molecule has 1 aliphatic carbocycles. The molecular formula is C21H28N4O4. The van der Waals surface area contributed by atoms with Crippen LogP contribution in [0.3, 0.4) is 0 Å². The summed E-state index contributed by atoms with van der Waals surface area (Å²) < 4.78 is 0. The lowest BCUT2D eigenvalue weighted by Crippen LogP contribution is -2.49. The molecule has 8 heteroatoms. The van der Waals surface area contributed by atoms with Crippen LogP contribution in [0.5, 0.6) is 0 Å². The Labute approximate surface area is 170 Å². The lowest BCUT2D eigenvalue weighted by molar-refractivity contribution is -0.136. The molecule has 2 N–H and O–H groups in total. The standard InChI is InChI=1S/C21H28N4O4/c1-4-17(26)22-15-9-8-14(2)16(12-15)23-18(27)13-25-19(28)21(24(3)20(25)29)10-6-5-7-11-21/h8-9,12H,4-7,10-11,13H2,1-3H3,(H,22,26)(H,23,27). The van der Waals surface area contributed by atoms with Gasteiger partial charge in [-0.25, -0.2) is 4.79 Å². The molecule has 0 unspecified atom stereocenters. The zero-order valence-electron chi connectivity index (χ0n) is 17.2. The lowest BCUT2D eigenvalue weighted by Gasteiger charge is -2.35. The quantitative estimate of drug-likeness (QED) is 0.743. The summed E-state index contributed by atoms with van der Waals surface area (Å²) in [5.41, 5.74) is 1.12. The van der Waals surface area contributed by atoms with Crippen LogP contribution in [0, 0.1) is 6.92 Å². The second-order valence-corrected chi connectivity index (χ2v) is 7.80. The molecule has 1 saturated carbocycles. The fourth-order valence-electron chi connectivity index (χ4n) is 4.09. The molecule has 29 heavy (non-hydrogen) atoms. The monoisotopic (exact) mass is 400 g/mol. The summed E-state index contributed by atoms with van der Waals surface area (Å²) in [6, 6.07) is 4.79. The van der Waals surface area contributed by atoms with Gasteiger partial charge in [-0.05, 0) is 37.5 Å². The van der Waals surface area contributed by atoms with Gasteiger partial charge in [0.2, 0.25) is 11.8 Å². The van der Waals surface area contributed by atoms with Crippen molar-refractivity contribution in [2.75, 3.05) is 24.2 Å². The Bertz CT molecular complexity index is 845. The number of rotatable bonds is 5. The Morgan fingerprint density at radius 3 is 2.41 bits per heavy atom. The fraction of sp³-hybridized carbons (Fsp3) is 0.524. The minimum atomic E-state index is -0.796. The summed E-state index contributed by atoms with van der Waals surface area (Å²) in [6.45, 7) is 3.26. The predicted octanol–water partition coefficient (Wildman–Crippen LogP) is 2.88. The molecule has 1 aromatic rings. The van der Waals surface area contributed by atoms with Gasteiger partial charge in [-0.15, -0.1) is 0 Å². The van der Waals surface area contributed by atoms with Gasteiger partial charge in [-0.2, -0.15) is 0 Å². The maximum Gasteiger partial charge on any atom is 0.327 e. The molecule has 2 aliphatic rings. The van der Waals surface area contributed by atoms with E-state index in [1.807, 2.05) is 6.92 Å². The van der Waals surface area contributed by atoms with Crippen LogP contribution in [-0.2, 0) is 14.4 Å². The summed E-state index contributed by atoms with van der Waals surface area (Å²) >= 11 is 0. The third-order valence-electron chi connectivity index (χ3n) is 5.90. The van der Waals surface area contributed by atoms with Crippen molar-refractivity contribution in [3.8, 4) is 0 Å². The smallest absolute Gasteiger partial charge is 0.326 e. The molecular weight excluding hydrogens is 372 g/mol. The van der Waals surface area contributed by atoms with E-state index in [9.17, 15) is 19.2 Å². The number of imide groups is 1. The van der Waals surface area contributed by atoms with Gasteiger partial charge >= 0.3 is 6.03 Å². The zero-order chi connectivity index (χ0) is 21.2. The van der Waals surface area contributed by atoms with E-state index >= 15 is 0 Å². The van der Waals surface area contributed by atoms with E-state index in [4.69, 9.17) is 0 Å². The number of aryl methyl sites for hydroxylation is 1. The highest BCUT2D eigenvalue weighted by Crippen LogP contribution is 2.39. The summed E-state index contributed by atoms with van der Waals surface area (Å²) in [4.78, 5) is 52.4. The lowest BCUT2D eigenvalue weighted by atomic mass is 9.81. The zero-order valence-corrected chi connectivity index (χ0v) is 17.2. The minimum absolute atomic E-state index is 0.125. The van der Waals surface area contributed by atoms with Crippen molar-refractivity contribution in [3.63, 3.8) is 0 Å². The average Bonchev–Trinajstić information content (AvgIpc) is 2.87. The van der Waals surface area contributed by atoms with Gasteiger partial charge in [0.05, 0.1) is 0 Å². The highest BCUT2D eigenvalue weighted by molar-refractivity contribution is 6.10. The van der Waals surface area contributed by atoms with Crippen LogP contribution >= 0.6 is 0 Å². The average molecular weight is 400 g/mol. The molecule has 1 aliphatic heterocycles. The first-order chi connectivity index (χ1) is 13.8. The minimum Gasteiger partial charge on any atom is -0.326 e. The molecule has 0 radical (unpaired) electrons. The van der Waals surface area contributed by atoms with Crippen molar-refractivity contribution in [3.05, 3.63) is 23.8 Å². The van der Waals surface area contributed by atoms with Crippen molar-refractivity contribution in [1.29, 1.82) is 0 Å². The van der Waals surface area contributed by atoms with E-state index in [1.54, 1.807) is 32.2 Å². The highest BCUT2D eigenvalue weighted by Gasteiger charge is 2.55. The molecule has 0 bridgehead atoms.